The fourth-order valence-corrected chi connectivity index (χ4v) is 2.86. The van der Waals surface area contributed by atoms with Gasteiger partial charge in [0.15, 0.2) is 0 Å². The van der Waals surface area contributed by atoms with E-state index in [2.05, 4.69) is 10.6 Å². The van der Waals surface area contributed by atoms with E-state index in [0.29, 0.717) is 24.3 Å². The Balaban J connectivity index is 0.00000243. The molecule has 0 aliphatic carbocycles. The number of hydrogen-bond donors (Lipinski definition) is 2. The number of nitrogens with zero attached hydrogens (tertiary/aromatic N) is 1. The van der Waals surface area contributed by atoms with E-state index in [1.807, 2.05) is 18.2 Å². The van der Waals surface area contributed by atoms with Crippen molar-refractivity contribution < 1.29 is 14.0 Å². The second-order valence-corrected chi connectivity index (χ2v) is 5.98. The molecule has 26 heavy (non-hydrogen) atoms. The lowest BCUT2D eigenvalue weighted by molar-refractivity contribution is -0.138. The van der Waals surface area contributed by atoms with Gasteiger partial charge >= 0.3 is 0 Å². The molecule has 3 rings (SSSR count). The van der Waals surface area contributed by atoms with E-state index < -0.39 is 6.04 Å². The van der Waals surface area contributed by atoms with Crippen LogP contribution in [0.3, 0.4) is 0 Å². The standard InChI is InChI=1S/C19H20FN3O2.ClH/c20-16-9-5-4-6-14(16)13-23-11-10-21-17(19(23)25)12-18(24)22-15-7-2-1-3-8-15;/h1-9,17,21H,10-13H2,(H,22,24);1H. The van der Waals surface area contributed by atoms with E-state index in [-0.39, 0.29) is 43.0 Å². The smallest absolute Gasteiger partial charge is 0.240 e. The van der Waals surface area contributed by atoms with E-state index in [0.717, 1.165) is 0 Å². The van der Waals surface area contributed by atoms with Gasteiger partial charge in [0.2, 0.25) is 11.8 Å². The molecular weight excluding hydrogens is 357 g/mol. The van der Waals surface area contributed by atoms with Crippen molar-refractivity contribution in [3.05, 3.63) is 66.0 Å². The van der Waals surface area contributed by atoms with Gasteiger partial charge in [-0.3, -0.25) is 9.59 Å². The summed E-state index contributed by atoms with van der Waals surface area (Å²) in [6, 6.07) is 14.9. The second kappa shape index (κ2) is 9.31. The van der Waals surface area contributed by atoms with Crippen molar-refractivity contribution >= 4 is 29.9 Å². The third-order valence-corrected chi connectivity index (χ3v) is 4.15. The molecular formula is C19H21ClFN3O2. The first-order valence-corrected chi connectivity index (χ1v) is 8.24. The third kappa shape index (κ3) is 5.03. The van der Waals surface area contributed by atoms with Crippen LogP contribution in [0.4, 0.5) is 10.1 Å². The highest BCUT2D eigenvalue weighted by atomic mass is 35.5. The number of carbonyl (C=O) groups is 2. The van der Waals surface area contributed by atoms with Crippen molar-refractivity contribution in [2.75, 3.05) is 18.4 Å². The minimum Gasteiger partial charge on any atom is -0.336 e. The number of benzene rings is 2. The van der Waals surface area contributed by atoms with Gasteiger partial charge < -0.3 is 15.5 Å². The zero-order valence-corrected chi connectivity index (χ0v) is 15.0. The first kappa shape index (κ1) is 19.9. The van der Waals surface area contributed by atoms with Gasteiger partial charge in [-0.2, -0.15) is 0 Å². The molecule has 1 saturated heterocycles. The quantitative estimate of drug-likeness (QED) is 0.842. The topological polar surface area (TPSA) is 61.4 Å². The van der Waals surface area contributed by atoms with Crippen LogP contribution in [0.2, 0.25) is 0 Å². The molecule has 1 aliphatic heterocycles. The SMILES string of the molecule is Cl.O=C(CC1NCCN(Cc2ccccc2F)C1=O)Nc1ccccc1. The lowest BCUT2D eigenvalue weighted by Crippen LogP contribution is -2.55. The van der Waals surface area contributed by atoms with Gasteiger partial charge in [-0.1, -0.05) is 36.4 Å². The summed E-state index contributed by atoms with van der Waals surface area (Å²) in [5, 5.41) is 5.84. The van der Waals surface area contributed by atoms with Crippen LogP contribution in [0.15, 0.2) is 54.6 Å². The van der Waals surface area contributed by atoms with Gasteiger partial charge in [0.1, 0.15) is 5.82 Å². The second-order valence-electron chi connectivity index (χ2n) is 5.98. The molecule has 1 atom stereocenters. The van der Waals surface area contributed by atoms with Gasteiger partial charge in [-0.25, -0.2) is 4.39 Å². The van der Waals surface area contributed by atoms with E-state index in [1.54, 1.807) is 35.2 Å². The minimum absolute atomic E-state index is 0. The number of para-hydroxylation sites is 1. The zero-order chi connectivity index (χ0) is 17.6. The lowest BCUT2D eigenvalue weighted by atomic mass is 10.1. The number of carbonyl (C=O) groups excluding carboxylic acids is 2. The number of piperazine rings is 1. The molecule has 2 aromatic rings. The fraction of sp³-hybridized carbons (Fsp3) is 0.263. The summed E-state index contributed by atoms with van der Waals surface area (Å²) in [4.78, 5) is 26.3. The number of nitrogens with one attached hydrogen (secondary N) is 2. The van der Waals surface area contributed by atoms with E-state index >= 15 is 0 Å². The van der Waals surface area contributed by atoms with Gasteiger partial charge in [0.25, 0.3) is 0 Å². The third-order valence-electron chi connectivity index (χ3n) is 4.15. The molecule has 1 aliphatic rings. The average Bonchev–Trinajstić information content (AvgIpc) is 2.61. The highest BCUT2D eigenvalue weighted by Crippen LogP contribution is 2.14. The molecule has 5 nitrogen and oxygen atoms in total. The van der Waals surface area contributed by atoms with Crippen molar-refractivity contribution in [1.29, 1.82) is 0 Å². The Kier molecular flexibility index (Phi) is 7.12. The molecule has 2 amide bonds. The summed E-state index contributed by atoms with van der Waals surface area (Å²) in [5.41, 5.74) is 1.17. The summed E-state index contributed by atoms with van der Waals surface area (Å²) in [5.74, 6) is -0.741. The molecule has 2 aromatic carbocycles. The van der Waals surface area contributed by atoms with Gasteiger partial charge in [0.05, 0.1) is 12.5 Å². The maximum Gasteiger partial charge on any atom is 0.240 e. The molecule has 1 fully saturated rings. The Morgan fingerprint density at radius 2 is 1.85 bits per heavy atom. The maximum atomic E-state index is 13.8. The number of halogens is 2. The molecule has 7 heteroatoms. The number of hydrogen-bond acceptors (Lipinski definition) is 3. The van der Waals surface area contributed by atoms with Crippen molar-refractivity contribution in [2.45, 2.75) is 19.0 Å². The number of anilines is 1. The highest BCUT2D eigenvalue weighted by Gasteiger charge is 2.30. The summed E-state index contributed by atoms with van der Waals surface area (Å²) in [6.45, 7) is 1.28. The van der Waals surface area contributed by atoms with Crippen LogP contribution in [0.5, 0.6) is 0 Å². The summed E-state index contributed by atoms with van der Waals surface area (Å²) in [6.07, 6.45) is 0.0432. The van der Waals surface area contributed by atoms with Gasteiger partial charge in [-0.05, 0) is 18.2 Å². The van der Waals surface area contributed by atoms with Crippen molar-refractivity contribution in [3.63, 3.8) is 0 Å². The largest absolute Gasteiger partial charge is 0.336 e. The first-order valence-electron chi connectivity index (χ1n) is 8.24. The molecule has 0 bridgehead atoms. The van der Waals surface area contributed by atoms with Gasteiger partial charge in [0, 0.05) is 30.9 Å². The van der Waals surface area contributed by atoms with Crippen molar-refractivity contribution in [1.82, 2.24) is 10.2 Å². The predicted octanol–water partition coefficient (Wildman–Crippen LogP) is 2.58. The fourth-order valence-electron chi connectivity index (χ4n) is 2.86. The molecule has 0 aromatic heterocycles. The Hall–Kier alpha value is -2.44. The van der Waals surface area contributed by atoms with E-state index in [9.17, 15) is 14.0 Å². The summed E-state index contributed by atoms with van der Waals surface area (Å²) in [7, 11) is 0. The Labute approximate surface area is 158 Å². The summed E-state index contributed by atoms with van der Waals surface area (Å²) >= 11 is 0. The average molecular weight is 378 g/mol. The van der Waals surface area contributed by atoms with Crippen LogP contribution >= 0.6 is 12.4 Å². The molecule has 1 heterocycles. The number of rotatable bonds is 5. The lowest BCUT2D eigenvalue weighted by Gasteiger charge is -2.33. The highest BCUT2D eigenvalue weighted by molar-refractivity contribution is 5.95. The van der Waals surface area contributed by atoms with Gasteiger partial charge in [-0.15, -0.1) is 12.4 Å². The molecule has 0 saturated carbocycles. The molecule has 0 radical (unpaired) electrons. The van der Waals surface area contributed by atoms with Crippen LogP contribution in [-0.4, -0.2) is 35.8 Å². The van der Waals surface area contributed by atoms with Crippen LogP contribution < -0.4 is 10.6 Å². The van der Waals surface area contributed by atoms with Crippen LogP contribution in [0, 0.1) is 5.82 Å². The minimum atomic E-state index is -0.593. The van der Waals surface area contributed by atoms with E-state index in [4.69, 9.17) is 0 Å². The molecule has 1 unspecified atom stereocenters. The van der Waals surface area contributed by atoms with E-state index in [1.165, 1.54) is 6.07 Å². The monoisotopic (exact) mass is 377 g/mol. The predicted molar refractivity (Wildman–Crippen MR) is 101 cm³/mol. The Bertz CT molecular complexity index is 757. The molecule has 138 valence electrons. The number of amides is 2. The van der Waals surface area contributed by atoms with Crippen LogP contribution in [0.25, 0.3) is 0 Å². The van der Waals surface area contributed by atoms with Crippen molar-refractivity contribution in [3.8, 4) is 0 Å². The van der Waals surface area contributed by atoms with Crippen LogP contribution in [0.1, 0.15) is 12.0 Å². The molecule has 0 spiro atoms. The normalized spacial score (nSPS) is 16.7. The van der Waals surface area contributed by atoms with Crippen LogP contribution in [-0.2, 0) is 16.1 Å². The Morgan fingerprint density at radius 3 is 2.58 bits per heavy atom. The maximum absolute atomic E-state index is 13.8. The van der Waals surface area contributed by atoms with Crippen molar-refractivity contribution in [2.24, 2.45) is 0 Å². The summed E-state index contributed by atoms with van der Waals surface area (Å²) < 4.78 is 13.8. The Morgan fingerprint density at radius 1 is 1.15 bits per heavy atom. The molecule has 2 N–H and O–H groups in total. The first-order chi connectivity index (χ1) is 12.1. The zero-order valence-electron chi connectivity index (χ0n) is 14.2.